The van der Waals surface area contributed by atoms with Gasteiger partial charge in [-0.3, -0.25) is 9.59 Å². The first-order valence-corrected chi connectivity index (χ1v) is 7.57. The highest BCUT2D eigenvalue weighted by Gasteiger charge is 2.22. The third-order valence-electron chi connectivity index (χ3n) is 3.22. The van der Waals surface area contributed by atoms with E-state index in [1.807, 2.05) is 0 Å². The molecule has 8 nitrogen and oxygen atoms in total. The van der Waals surface area contributed by atoms with Gasteiger partial charge in [0.05, 0.1) is 18.9 Å². The fourth-order valence-corrected chi connectivity index (χ4v) is 2.80. The summed E-state index contributed by atoms with van der Waals surface area (Å²) in [5.41, 5.74) is 6.92. The number of amides is 2. The summed E-state index contributed by atoms with van der Waals surface area (Å²) in [5.74, 6) is -0.703. The van der Waals surface area contributed by atoms with Crippen molar-refractivity contribution in [2.75, 3.05) is 25.1 Å². The van der Waals surface area contributed by atoms with Crippen LogP contribution in [0.3, 0.4) is 0 Å². The third-order valence-corrected chi connectivity index (χ3v) is 3.97. The van der Waals surface area contributed by atoms with Crippen LogP contribution in [0.2, 0.25) is 0 Å². The lowest BCUT2D eigenvalue weighted by molar-refractivity contribution is -0.120. The van der Waals surface area contributed by atoms with Crippen molar-refractivity contribution in [3.8, 4) is 11.3 Å². The Morgan fingerprint density at radius 3 is 2.96 bits per heavy atom. The number of morpholine rings is 1. The first-order chi connectivity index (χ1) is 10.6. The second-order valence-electron chi connectivity index (χ2n) is 4.78. The number of hydrogen-bond donors (Lipinski definition) is 4. The van der Waals surface area contributed by atoms with Crippen LogP contribution in [0, 0.1) is 0 Å². The second kappa shape index (κ2) is 7.55. The molecule has 1 unspecified atom stereocenters. The average molecular weight is 358 g/mol. The molecule has 5 N–H and O–H groups in total. The standard InChI is InChI=1S/C13H15N5O3S.ClH/c14-11(19)8-3-7(4-16-8)10-6-22-13(17-10)18-12(20)9-5-21-2-1-15-9;/h3-4,6,9,15-16H,1-2,5H2,(H2,14,19)(H,17,18,20);1H. The van der Waals surface area contributed by atoms with Crippen LogP contribution < -0.4 is 16.4 Å². The Labute approximate surface area is 142 Å². The summed E-state index contributed by atoms with van der Waals surface area (Å²) in [7, 11) is 0. The summed E-state index contributed by atoms with van der Waals surface area (Å²) >= 11 is 1.31. The summed E-state index contributed by atoms with van der Waals surface area (Å²) in [6.07, 6.45) is 1.65. The number of nitrogens with one attached hydrogen (secondary N) is 3. The minimum atomic E-state index is -0.529. The Balaban J connectivity index is 0.00000192. The smallest absolute Gasteiger partial charge is 0.265 e. The van der Waals surface area contributed by atoms with Crippen LogP contribution in [0.5, 0.6) is 0 Å². The molecule has 0 radical (unpaired) electrons. The summed E-state index contributed by atoms with van der Waals surface area (Å²) in [6, 6.07) is 1.26. The maximum Gasteiger partial charge on any atom is 0.265 e. The lowest BCUT2D eigenvalue weighted by atomic mass is 10.2. The highest BCUT2D eigenvalue weighted by molar-refractivity contribution is 7.14. The number of carbonyl (C=O) groups excluding carboxylic acids is 2. The Kier molecular flexibility index (Phi) is 5.72. The van der Waals surface area contributed by atoms with Crippen molar-refractivity contribution < 1.29 is 14.3 Å². The van der Waals surface area contributed by atoms with E-state index in [9.17, 15) is 9.59 Å². The number of ether oxygens (including phenoxy) is 1. The van der Waals surface area contributed by atoms with E-state index in [4.69, 9.17) is 10.5 Å². The van der Waals surface area contributed by atoms with Gasteiger partial charge in [-0.05, 0) is 6.07 Å². The highest BCUT2D eigenvalue weighted by Crippen LogP contribution is 2.25. The average Bonchev–Trinajstić information content (AvgIpc) is 3.16. The molecule has 2 aromatic rings. The minimum Gasteiger partial charge on any atom is -0.378 e. The van der Waals surface area contributed by atoms with Crippen LogP contribution in [0.15, 0.2) is 17.6 Å². The normalized spacial score (nSPS) is 17.3. The van der Waals surface area contributed by atoms with Gasteiger partial charge >= 0.3 is 0 Å². The van der Waals surface area contributed by atoms with E-state index < -0.39 is 5.91 Å². The van der Waals surface area contributed by atoms with Crippen molar-refractivity contribution in [3.63, 3.8) is 0 Å². The number of anilines is 1. The van der Waals surface area contributed by atoms with E-state index in [1.54, 1.807) is 17.6 Å². The van der Waals surface area contributed by atoms with Crippen LogP contribution in [0.4, 0.5) is 5.13 Å². The molecule has 1 saturated heterocycles. The van der Waals surface area contributed by atoms with Gasteiger partial charge in [-0.2, -0.15) is 0 Å². The summed E-state index contributed by atoms with van der Waals surface area (Å²) in [4.78, 5) is 30.2. The van der Waals surface area contributed by atoms with E-state index in [0.717, 1.165) is 5.56 Å². The fraction of sp³-hybridized carbons (Fsp3) is 0.308. The SMILES string of the molecule is Cl.NC(=O)c1cc(-c2csc(NC(=O)C3COCCN3)n2)c[nH]1. The molecule has 3 rings (SSSR count). The Morgan fingerprint density at radius 1 is 1.48 bits per heavy atom. The quantitative estimate of drug-likeness (QED) is 0.637. The van der Waals surface area contributed by atoms with Crippen molar-refractivity contribution in [1.29, 1.82) is 0 Å². The monoisotopic (exact) mass is 357 g/mol. The molecule has 2 aromatic heterocycles. The maximum absolute atomic E-state index is 12.1. The predicted molar refractivity (Wildman–Crippen MR) is 88.9 cm³/mol. The minimum absolute atomic E-state index is 0. The summed E-state index contributed by atoms with van der Waals surface area (Å²) < 4.78 is 5.25. The number of aromatic nitrogens is 2. The van der Waals surface area contributed by atoms with E-state index >= 15 is 0 Å². The molecular weight excluding hydrogens is 342 g/mol. The number of carbonyl (C=O) groups is 2. The zero-order valence-corrected chi connectivity index (χ0v) is 13.6. The summed E-state index contributed by atoms with van der Waals surface area (Å²) in [6.45, 7) is 1.62. The first-order valence-electron chi connectivity index (χ1n) is 6.69. The van der Waals surface area contributed by atoms with Crippen molar-refractivity contribution in [1.82, 2.24) is 15.3 Å². The largest absolute Gasteiger partial charge is 0.378 e. The van der Waals surface area contributed by atoms with Crippen LogP contribution in [-0.4, -0.2) is 47.6 Å². The van der Waals surface area contributed by atoms with Gasteiger partial charge in [-0.15, -0.1) is 23.7 Å². The van der Waals surface area contributed by atoms with Crippen LogP contribution in [-0.2, 0) is 9.53 Å². The third kappa shape index (κ3) is 4.08. The van der Waals surface area contributed by atoms with Gasteiger partial charge in [0.15, 0.2) is 5.13 Å². The number of rotatable bonds is 4. The van der Waals surface area contributed by atoms with Crippen molar-refractivity contribution in [3.05, 3.63) is 23.3 Å². The van der Waals surface area contributed by atoms with E-state index in [-0.39, 0.29) is 24.4 Å². The molecule has 3 heterocycles. The molecule has 0 aliphatic carbocycles. The Hall–Kier alpha value is -1.94. The molecule has 0 saturated carbocycles. The lowest BCUT2D eigenvalue weighted by Gasteiger charge is -2.22. The molecule has 1 atom stereocenters. The maximum atomic E-state index is 12.1. The number of nitrogens with two attached hydrogens (primary N) is 1. The van der Waals surface area contributed by atoms with E-state index in [0.29, 0.717) is 36.3 Å². The molecular formula is C13H16ClN5O3S. The number of nitrogens with zero attached hydrogens (tertiary/aromatic N) is 1. The molecule has 1 aliphatic rings. The highest BCUT2D eigenvalue weighted by atomic mass is 35.5. The zero-order valence-electron chi connectivity index (χ0n) is 12.0. The first kappa shape index (κ1) is 17.4. The van der Waals surface area contributed by atoms with Gasteiger partial charge in [0.2, 0.25) is 5.91 Å². The van der Waals surface area contributed by atoms with Gasteiger partial charge in [-0.25, -0.2) is 4.98 Å². The van der Waals surface area contributed by atoms with E-state index in [2.05, 4.69) is 20.6 Å². The number of aromatic amines is 1. The topological polar surface area (TPSA) is 122 Å². The van der Waals surface area contributed by atoms with Crippen molar-refractivity contribution >= 4 is 40.7 Å². The number of thiazole rings is 1. The molecule has 0 spiro atoms. The molecule has 1 fully saturated rings. The zero-order chi connectivity index (χ0) is 15.5. The van der Waals surface area contributed by atoms with E-state index in [1.165, 1.54) is 11.3 Å². The fourth-order valence-electron chi connectivity index (χ4n) is 2.07. The van der Waals surface area contributed by atoms with Gasteiger partial charge in [0.1, 0.15) is 11.7 Å². The molecule has 1 aliphatic heterocycles. The van der Waals surface area contributed by atoms with Gasteiger partial charge in [-0.1, -0.05) is 0 Å². The van der Waals surface area contributed by atoms with Crippen LogP contribution in [0.25, 0.3) is 11.3 Å². The van der Waals surface area contributed by atoms with Crippen LogP contribution >= 0.6 is 23.7 Å². The molecule has 0 aromatic carbocycles. The second-order valence-corrected chi connectivity index (χ2v) is 5.63. The van der Waals surface area contributed by atoms with Crippen LogP contribution in [0.1, 0.15) is 10.5 Å². The van der Waals surface area contributed by atoms with Gasteiger partial charge in [0, 0.05) is 23.7 Å². The molecule has 0 bridgehead atoms. The van der Waals surface area contributed by atoms with Gasteiger partial charge < -0.3 is 26.1 Å². The Bertz CT molecular complexity index is 695. The van der Waals surface area contributed by atoms with Crippen molar-refractivity contribution in [2.45, 2.75) is 6.04 Å². The molecule has 10 heteroatoms. The van der Waals surface area contributed by atoms with Gasteiger partial charge in [0.25, 0.3) is 5.91 Å². The molecule has 2 amide bonds. The number of primary amides is 1. The lowest BCUT2D eigenvalue weighted by Crippen LogP contribution is -2.48. The molecule has 124 valence electrons. The summed E-state index contributed by atoms with van der Waals surface area (Å²) in [5, 5.41) is 8.13. The molecule has 23 heavy (non-hydrogen) atoms. The number of halogens is 1. The van der Waals surface area contributed by atoms with Crippen molar-refractivity contribution in [2.24, 2.45) is 5.73 Å². The Morgan fingerprint density at radius 2 is 2.30 bits per heavy atom. The number of hydrogen-bond acceptors (Lipinski definition) is 6. The number of H-pyrrole nitrogens is 1. The predicted octanol–water partition coefficient (Wildman–Crippen LogP) is 0.586.